The molecule has 2 aromatic rings. The maximum atomic E-state index is 6.27. The predicted octanol–water partition coefficient (Wildman–Crippen LogP) is 3.40. The molecular formula is C15H20ClN5. The third-order valence-corrected chi connectivity index (χ3v) is 4.68. The fourth-order valence-electron chi connectivity index (χ4n) is 3.04. The fourth-order valence-corrected chi connectivity index (χ4v) is 3.31. The van der Waals surface area contributed by atoms with Crippen molar-refractivity contribution in [2.45, 2.75) is 39.2 Å². The van der Waals surface area contributed by atoms with Gasteiger partial charge in [-0.15, -0.1) is 5.10 Å². The van der Waals surface area contributed by atoms with Crippen molar-refractivity contribution >= 4 is 17.3 Å². The van der Waals surface area contributed by atoms with E-state index in [1.165, 1.54) is 25.7 Å². The van der Waals surface area contributed by atoms with Gasteiger partial charge in [0, 0.05) is 12.2 Å². The molecule has 1 heterocycles. The van der Waals surface area contributed by atoms with E-state index in [1.807, 2.05) is 22.9 Å². The molecule has 6 heteroatoms. The van der Waals surface area contributed by atoms with E-state index in [0.29, 0.717) is 22.5 Å². The molecule has 1 aromatic heterocycles. The van der Waals surface area contributed by atoms with Crippen LogP contribution in [-0.2, 0) is 6.54 Å². The molecule has 0 bridgehead atoms. The van der Waals surface area contributed by atoms with Gasteiger partial charge in [0.25, 0.3) is 0 Å². The Labute approximate surface area is 129 Å². The van der Waals surface area contributed by atoms with Crippen LogP contribution in [0.3, 0.4) is 0 Å². The van der Waals surface area contributed by atoms with E-state index in [-0.39, 0.29) is 0 Å². The third kappa shape index (κ3) is 3.02. The summed E-state index contributed by atoms with van der Waals surface area (Å²) in [6.07, 6.45) is 5.05. The van der Waals surface area contributed by atoms with Crippen molar-refractivity contribution in [1.82, 2.24) is 20.2 Å². The molecule has 21 heavy (non-hydrogen) atoms. The average molecular weight is 306 g/mol. The van der Waals surface area contributed by atoms with Crippen molar-refractivity contribution in [2.75, 3.05) is 5.73 Å². The van der Waals surface area contributed by atoms with Gasteiger partial charge in [0.2, 0.25) is 0 Å². The second-order valence-corrected chi connectivity index (χ2v) is 6.42. The zero-order valence-corrected chi connectivity index (χ0v) is 12.9. The summed E-state index contributed by atoms with van der Waals surface area (Å²) in [6.45, 7) is 3.16. The number of benzene rings is 1. The first-order chi connectivity index (χ1) is 10.1. The average Bonchev–Trinajstić information content (AvgIpc) is 2.89. The molecule has 1 saturated carbocycles. The van der Waals surface area contributed by atoms with Gasteiger partial charge in [0.1, 0.15) is 0 Å². The number of aromatic nitrogens is 4. The summed E-state index contributed by atoms with van der Waals surface area (Å²) in [7, 11) is 0. The molecule has 0 amide bonds. The molecule has 112 valence electrons. The number of anilines is 1. The number of rotatable bonds is 3. The SMILES string of the molecule is CC1CCC(Cn2nnnc2-c2c(N)cccc2Cl)CC1. The van der Waals surface area contributed by atoms with Crippen LogP contribution >= 0.6 is 11.6 Å². The van der Waals surface area contributed by atoms with E-state index < -0.39 is 0 Å². The van der Waals surface area contributed by atoms with Crippen molar-refractivity contribution in [3.63, 3.8) is 0 Å². The van der Waals surface area contributed by atoms with Crippen LogP contribution in [-0.4, -0.2) is 20.2 Å². The van der Waals surface area contributed by atoms with Gasteiger partial charge in [-0.25, -0.2) is 4.68 Å². The summed E-state index contributed by atoms with van der Waals surface area (Å²) >= 11 is 6.27. The second kappa shape index (κ2) is 6.02. The lowest BCUT2D eigenvalue weighted by Gasteiger charge is -2.26. The molecule has 1 fully saturated rings. The van der Waals surface area contributed by atoms with Crippen molar-refractivity contribution in [2.24, 2.45) is 11.8 Å². The van der Waals surface area contributed by atoms with Crippen LogP contribution in [0.1, 0.15) is 32.6 Å². The molecule has 0 spiro atoms. The Balaban J connectivity index is 1.84. The Morgan fingerprint density at radius 3 is 2.76 bits per heavy atom. The largest absolute Gasteiger partial charge is 0.398 e. The minimum Gasteiger partial charge on any atom is -0.398 e. The standard InChI is InChI=1S/C15H20ClN5/c1-10-5-7-11(8-6-10)9-21-15(18-19-20-21)14-12(16)3-2-4-13(14)17/h2-4,10-11H,5-9,17H2,1H3. The molecule has 1 aliphatic carbocycles. The van der Waals surface area contributed by atoms with Crippen LogP contribution in [0.25, 0.3) is 11.4 Å². The van der Waals surface area contributed by atoms with Gasteiger partial charge < -0.3 is 5.73 Å². The van der Waals surface area contributed by atoms with Gasteiger partial charge in [-0.05, 0) is 47.2 Å². The number of tetrazole rings is 1. The number of hydrogen-bond donors (Lipinski definition) is 1. The number of nitrogens with zero attached hydrogens (tertiary/aromatic N) is 4. The number of halogens is 1. The van der Waals surface area contributed by atoms with E-state index in [2.05, 4.69) is 22.4 Å². The minimum absolute atomic E-state index is 0.586. The van der Waals surface area contributed by atoms with Gasteiger partial charge in [-0.2, -0.15) is 0 Å². The van der Waals surface area contributed by atoms with Gasteiger partial charge >= 0.3 is 0 Å². The van der Waals surface area contributed by atoms with E-state index in [0.717, 1.165) is 18.0 Å². The van der Waals surface area contributed by atoms with E-state index in [9.17, 15) is 0 Å². The summed E-state index contributed by atoms with van der Waals surface area (Å²) in [5, 5.41) is 12.7. The molecular weight excluding hydrogens is 286 g/mol. The van der Waals surface area contributed by atoms with Crippen LogP contribution in [0.5, 0.6) is 0 Å². The normalized spacial score (nSPS) is 22.4. The molecule has 0 radical (unpaired) electrons. The first-order valence-electron chi connectivity index (χ1n) is 7.45. The van der Waals surface area contributed by atoms with Gasteiger partial charge in [-0.3, -0.25) is 0 Å². The molecule has 1 aromatic carbocycles. The highest BCUT2D eigenvalue weighted by Gasteiger charge is 2.22. The van der Waals surface area contributed by atoms with Crippen molar-refractivity contribution < 1.29 is 0 Å². The Morgan fingerprint density at radius 1 is 1.29 bits per heavy atom. The number of nitrogen functional groups attached to an aromatic ring is 1. The first-order valence-corrected chi connectivity index (χ1v) is 7.83. The fraction of sp³-hybridized carbons (Fsp3) is 0.533. The third-order valence-electron chi connectivity index (χ3n) is 4.37. The lowest BCUT2D eigenvalue weighted by molar-refractivity contribution is 0.257. The zero-order valence-electron chi connectivity index (χ0n) is 12.2. The Hall–Kier alpha value is -1.62. The Kier molecular flexibility index (Phi) is 4.10. The quantitative estimate of drug-likeness (QED) is 0.882. The zero-order chi connectivity index (χ0) is 14.8. The predicted molar refractivity (Wildman–Crippen MR) is 83.8 cm³/mol. The number of hydrogen-bond acceptors (Lipinski definition) is 4. The van der Waals surface area contributed by atoms with Crippen LogP contribution in [0.2, 0.25) is 5.02 Å². The summed E-state index contributed by atoms with van der Waals surface area (Å²) < 4.78 is 1.85. The van der Waals surface area contributed by atoms with Crippen molar-refractivity contribution in [1.29, 1.82) is 0 Å². The molecule has 3 rings (SSSR count). The molecule has 0 unspecified atom stereocenters. The summed E-state index contributed by atoms with van der Waals surface area (Å²) in [4.78, 5) is 0. The van der Waals surface area contributed by atoms with Crippen LogP contribution in [0, 0.1) is 11.8 Å². The van der Waals surface area contributed by atoms with E-state index >= 15 is 0 Å². The molecule has 0 saturated heterocycles. The second-order valence-electron chi connectivity index (χ2n) is 6.01. The van der Waals surface area contributed by atoms with Crippen LogP contribution in [0.15, 0.2) is 18.2 Å². The molecule has 5 nitrogen and oxygen atoms in total. The van der Waals surface area contributed by atoms with Crippen LogP contribution < -0.4 is 5.73 Å². The lowest BCUT2D eigenvalue weighted by Crippen LogP contribution is -2.19. The highest BCUT2D eigenvalue weighted by atomic mass is 35.5. The lowest BCUT2D eigenvalue weighted by atomic mass is 9.83. The highest BCUT2D eigenvalue weighted by Crippen LogP contribution is 2.33. The first kappa shape index (κ1) is 14.3. The number of nitrogens with two attached hydrogens (primary N) is 1. The highest BCUT2D eigenvalue weighted by molar-refractivity contribution is 6.33. The summed E-state index contributed by atoms with van der Waals surface area (Å²) in [5.41, 5.74) is 7.38. The Bertz CT molecular complexity index is 596. The van der Waals surface area contributed by atoms with Gasteiger partial charge in [0.05, 0.1) is 10.6 Å². The molecule has 0 atom stereocenters. The smallest absolute Gasteiger partial charge is 0.185 e. The molecule has 2 N–H and O–H groups in total. The maximum absolute atomic E-state index is 6.27. The van der Waals surface area contributed by atoms with E-state index in [4.69, 9.17) is 17.3 Å². The van der Waals surface area contributed by atoms with Gasteiger partial charge in [0.15, 0.2) is 5.82 Å². The molecule has 0 aliphatic heterocycles. The molecule has 1 aliphatic rings. The van der Waals surface area contributed by atoms with Crippen molar-refractivity contribution in [3.05, 3.63) is 23.2 Å². The van der Waals surface area contributed by atoms with Crippen LogP contribution in [0.4, 0.5) is 5.69 Å². The van der Waals surface area contributed by atoms with E-state index in [1.54, 1.807) is 0 Å². The summed E-state index contributed by atoms with van der Waals surface area (Å²) in [5.74, 6) is 2.14. The topological polar surface area (TPSA) is 69.6 Å². The Morgan fingerprint density at radius 2 is 2.05 bits per heavy atom. The van der Waals surface area contributed by atoms with Gasteiger partial charge in [-0.1, -0.05) is 37.4 Å². The monoisotopic (exact) mass is 305 g/mol. The maximum Gasteiger partial charge on any atom is 0.185 e. The van der Waals surface area contributed by atoms with Crippen molar-refractivity contribution in [3.8, 4) is 11.4 Å². The minimum atomic E-state index is 0.586. The summed E-state index contributed by atoms with van der Waals surface area (Å²) in [6, 6.07) is 5.47.